The molecule has 0 spiro atoms. The van der Waals surface area contributed by atoms with Crippen LogP contribution in [0.4, 0.5) is 5.69 Å². The number of hydrogen-bond donors (Lipinski definition) is 2. The number of nitrogens with two attached hydrogens (primary N) is 1. The molecule has 2 rings (SSSR count). The molecule has 0 saturated carbocycles. The second kappa shape index (κ2) is 6.16. The number of β-amino-alcohol motifs (C(OH)–C–C–N with tert-alkyl or cyclic N) is 1. The summed E-state index contributed by atoms with van der Waals surface area (Å²) in [5.41, 5.74) is 7.36. The van der Waals surface area contributed by atoms with E-state index in [9.17, 15) is 5.11 Å². The highest BCUT2D eigenvalue weighted by Crippen LogP contribution is 2.31. The fraction of sp³-hybridized carbons (Fsp3) is 0.600. The van der Waals surface area contributed by atoms with Gasteiger partial charge in [0.15, 0.2) is 0 Å². The second-order valence-corrected chi connectivity index (χ2v) is 7.64. The van der Waals surface area contributed by atoms with Crippen LogP contribution in [0.2, 0.25) is 0 Å². The maximum Gasteiger partial charge on any atom is 0.0916 e. The molecule has 1 aromatic rings. The summed E-state index contributed by atoms with van der Waals surface area (Å²) in [5.74, 6) is 1.14. The molecule has 1 aliphatic rings. The number of aliphatic hydroxyl groups excluding tert-OH is 1. The third-order valence-corrected chi connectivity index (χ3v) is 5.06. The molecule has 0 amide bonds. The van der Waals surface area contributed by atoms with Gasteiger partial charge in [0.1, 0.15) is 0 Å². The Morgan fingerprint density at radius 3 is 2.68 bits per heavy atom. The molecule has 1 atom stereocenters. The summed E-state index contributed by atoms with van der Waals surface area (Å²) >= 11 is 2.03. The SMILES string of the molecule is CC1(C)CCN(CC(O)c2ccc(N)cc2)CCS1. The number of nitrogen functional groups attached to an aromatic ring is 1. The lowest BCUT2D eigenvalue weighted by molar-refractivity contribution is 0.116. The van der Waals surface area contributed by atoms with Crippen molar-refractivity contribution in [2.75, 3.05) is 31.1 Å². The van der Waals surface area contributed by atoms with E-state index in [1.165, 1.54) is 6.42 Å². The Morgan fingerprint density at radius 1 is 1.32 bits per heavy atom. The van der Waals surface area contributed by atoms with Crippen molar-refractivity contribution >= 4 is 17.4 Å². The third-order valence-electron chi connectivity index (χ3n) is 3.68. The standard InChI is InChI=1S/C15H24N2OS/c1-15(2)7-8-17(9-10-19-15)11-14(18)12-3-5-13(16)6-4-12/h3-6,14,18H,7-11,16H2,1-2H3. The van der Waals surface area contributed by atoms with E-state index in [-0.39, 0.29) is 0 Å². The molecular formula is C15H24N2OS. The van der Waals surface area contributed by atoms with Gasteiger partial charge < -0.3 is 10.8 Å². The lowest BCUT2D eigenvalue weighted by atomic mass is 10.1. The van der Waals surface area contributed by atoms with Gasteiger partial charge in [-0.3, -0.25) is 4.90 Å². The van der Waals surface area contributed by atoms with Crippen molar-refractivity contribution in [1.29, 1.82) is 0 Å². The topological polar surface area (TPSA) is 49.5 Å². The molecule has 3 N–H and O–H groups in total. The molecule has 0 bridgehead atoms. The first-order chi connectivity index (χ1) is 8.96. The van der Waals surface area contributed by atoms with Crippen molar-refractivity contribution in [1.82, 2.24) is 4.90 Å². The van der Waals surface area contributed by atoms with Gasteiger partial charge in [-0.25, -0.2) is 0 Å². The minimum atomic E-state index is -0.424. The number of aliphatic hydroxyl groups is 1. The quantitative estimate of drug-likeness (QED) is 0.835. The van der Waals surface area contributed by atoms with E-state index in [0.29, 0.717) is 11.3 Å². The van der Waals surface area contributed by atoms with E-state index in [2.05, 4.69) is 18.7 Å². The van der Waals surface area contributed by atoms with Crippen LogP contribution >= 0.6 is 11.8 Å². The van der Waals surface area contributed by atoms with Gasteiger partial charge in [-0.15, -0.1) is 0 Å². The Labute approximate surface area is 120 Å². The molecule has 106 valence electrons. The molecule has 1 fully saturated rings. The van der Waals surface area contributed by atoms with Crippen molar-refractivity contribution in [2.45, 2.75) is 31.1 Å². The number of hydrogen-bond acceptors (Lipinski definition) is 4. The molecule has 0 aromatic heterocycles. The van der Waals surface area contributed by atoms with Gasteiger partial charge in [-0.1, -0.05) is 26.0 Å². The summed E-state index contributed by atoms with van der Waals surface area (Å²) in [5, 5.41) is 10.3. The average molecular weight is 280 g/mol. The second-order valence-electron chi connectivity index (χ2n) is 5.84. The predicted molar refractivity (Wildman–Crippen MR) is 83.4 cm³/mol. The molecule has 19 heavy (non-hydrogen) atoms. The summed E-state index contributed by atoms with van der Waals surface area (Å²) < 4.78 is 0.362. The Morgan fingerprint density at radius 2 is 2.00 bits per heavy atom. The maximum absolute atomic E-state index is 10.3. The number of thioether (sulfide) groups is 1. The third kappa shape index (κ3) is 4.41. The highest BCUT2D eigenvalue weighted by molar-refractivity contribution is 8.00. The van der Waals surface area contributed by atoms with Crippen LogP contribution in [-0.4, -0.2) is 40.1 Å². The van der Waals surface area contributed by atoms with Crippen molar-refractivity contribution in [3.8, 4) is 0 Å². The molecule has 1 saturated heterocycles. The molecule has 1 heterocycles. The van der Waals surface area contributed by atoms with Crippen LogP contribution in [0.3, 0.4) is 0 Å². The van der Waals surface area contributed by atoms with Crippen LogP contribution in [0.15, 0.2) is 24.3 Å². The zero-order valence-corrected chi connectivity index (χ0v) is 12.6. The fourth-order valence-corrected chi connectivity index (χ4v) is 3.45. The molecular weight excluding hydrogens is 256 g/mol. The molecule has 3 nitrogen and oxygen atoms in total. The van der Waals surface area contributed by atoms with Gasteiger partial charge >= 0.3 is 0 Å². The van der Waals surface area contributed by atoms with E-state index >= 15 is 0 Å². The van der Waals surface area contributed by atoms with Crippen molar-refractivity contribution < 1.29 is 5.11 Å². The van der Waals surface area contributed by atoms with Crippen molar-refractivity contribution in [2.24, 2.45) is 0 Å². The summed E-state index contributed by atoms with van der Waals surface area (Å²) in [6.07, 6.45) is 0.748. The van der Waals surface area contributed by atoms with Crippen LogP contribution in [-0.2, 0) is 0 Å². The van der Waals surface area contributed by atoms with Crippen molar-refractivity contribution in [3.63, 3.8) is 0 Å². The minimum absolute atomic E-state index is 0.362. The Hall–Kier alpha value is -0.710. The molecule has 1 aromatic carbocycles. The van der Waals surface area contributed by atoms with Gasteiger partial charge in [0.2, 0.25) is 0 Å². The smallest absolute Gasteiger partial charge is 0.0916 e. The minimum Gasteiger partial charge on any atom is -0.399 e. The Bertz CT molecular complexity index is 405. The zero-order valence-electron chi connectivity index (χ0n) is 11.8. The van der Waals surface area contributed by atoms with Gasteiger partial charge in [-0.05, 0) is 30.7 Å². The summed E-state index contributed by atoms with van der Waals surface area (Å²) in [6, 6.07) is 7.52. The molecule has 4 heteroatoms. The van der Waals surface area contributed by atoms with E-state index in [0.717, 1.165) is 30.1 Å². The van der Waals surface area contributed by atoms with Gasteiger partial charge in [0.25, 0.3) is 0 Å². The van der Waals surface area contributed by atoms with Crippen LogP contribution in [0.25, 0.3) is 0 Å². The van der Waals surface area contributed by atoms with Crippen molar-refractivity contribution in [3.05, 3.63) is 29.8 Å². The van der Waals surface area contributed by atoms with Gasteiger partial charge in [-0.2, -0.15) is 11.8 Å². The van der Waals surface area contributed by atoms with E-state index < -0.39 is 6.10 Å². The Kier molecular flexibility index (Phi) is 4.76. The number of benzene rings is 1. The molecule has 0 radical (unpaired) electrons. The van der Waals surface area contributed by atoms with E-state index in [4.69, 9.17) is 5.73 Å². The largest absolute Gasteiger partial charge is 0.399 e. The Balaban J connectivity index is 1.91. The number of rotatable bonds is 3. The lowest BCUT2D eigenvalue weighted by Gasteiger charge is -2.24. The molecule has 1 unspecified atom stereocenters. The monoisotopic (exact) mass is 280 g/mol. The summed E-state index contributed by atoms with van der Waals surface area (Å²) in [4.78, 5) is 2.36. The van der Waals surface area contributed by atoms with Gasteiger partial charge in [0.05, 0.1) is 6.10 Å². The summed E-state index contributed by atoms with van der Waals surface area (Å²) in [6.45, 7) is 7.43. The normalized spacial score (nSPS) is 21.8. The first-order valence-corrected chi connectivity index (χ1v) is 7.85. The average Bonchev–Trinajstić information content (AvgIpc) is 2.52. The number of nitrogens with zero attached hydrogens (tertiary/aromatic N) is 1. The highest BCUT2D eigenvalue weighted by Gasteiger charge is 2.24. The fourth-order valence-electron chi connectivity index (χ4n) is 2.31. The van der Waals surface area contributed by atoms with Crippen LogP contribution < -0.4 is 5.73 Å². The van der Waals surface area contributed by atoms with E-state index in [1.807, 2.05) is 36.0 Å². The maximum atomic E-state index is 10.3. The molecule has 0 aliphatic carbocycles. The first kappa shape index (κ1) is 14.7. The summed E-state index contributed by atoms with van der Waals surface area (Å²) in [7, 11) is 0. The number of anilines is 1. The van der Waals surface area contributed by atoms with Crippen LogP contribution in [0, 0.1) is 0 Å². The van der Waals surface area contributed by atoms with E-state index in [1.54, 1.807) is 0 Å². The highest BCUT2D eigenvalue weighted by atomic mass is 32.2. The van der Waals surface area contributed by atoms with Crippen LogP contribution in [0.1, 0.15) is 31.9 Å². The predicted octanol–water partition coefficient (Wildman–Crippen LogP) is 2.52. The van der Waals surface area contributed by atoms with Gasteiger partial charge in [0, 0.05) is 29.3 Å². The molecule has 1 aliphatic heterocycles. The first-order valence-electron chi connectivity index (χ1n) is 6.86. The van der Waals surface area contributed by atoms with Crippen LogP contribution in [0.5, 0.6) is 0 Å². The lowest BCUT2D eigenvalue weighted by Crippen LogP contribution is -2.31. The zero-order chi connectivity index (χ0) is 13.9.